The van der Waals surface area contributed by atoms with Crippen molar-refractivity contribution in [1.29, 1.82) is 0 Å². The van der Waals surface area contributed by atoms with Crippen LogP contribution in [-0.2, 0) is 9.53 Å². The monoisotopic (exact) mass is 424 g/mol. The summed E-state index contributed by atoms with van der Waals surface area (Å²) in [6, 6.07) is 4.95. The Hall–Kier alpha value is -3.95. The molecule has 1 atom stereocenters. The fourth-order valence-corrected chi connectivity index (χ4v) is 3.21. The number of aromatic nitrogens is 3. The van der Waals surface area contributed by atoms with Crippen molar-refractivity contribution < 1.29 is 27.8 Å². The van der Waals surface area contributed by atoms with E-state index < -0.39 is 18.0 Å². The van der Waals surface area contributed by atoms with Crippen molar-refractivity contribution in [2.45, 2.75) is 40.7 Å². The smallest absolute Gasteiger partial charge is 0.339 e. The topological polar surface area (TPSA) is 133 Å². The van der Waals surface area contributed by atoms with Crippen LogP contribution in [0.15, 0.2) is 31.7 Å². The molecular formula is C21H20N4O6. The quantitative estimate of drug-likeness (QED) is 0.473. The van der Waals surface area contributed by atoms with Crippen LogP contribution in [0.2, 0.25) is 0 Å². The molecule has 0 radical (unpaired) electrons. The first-order valence-corrected chi connectivity index (χ1v) is 9.52. The van der Waals surface area contributed by atoms with Gasteiger partial charge in [0.2, 0.25) is 0 Å². The molecule has 1 N–H and O–H groups in total. The van der Waals surface area contributed by atoms with Crippen molar-refractivity contribution in [3.63, 3.8) is 0 Å². The second-order valence-electron chi connectivity index (χ2n) is 7.19. The number of esters is 1. The zero-order valence-electron chi connectivity index (χ0n) is 17.6. The summed E-state index contributed by atoms with van der Waals surface area (Å²) in [4.78, 5) is 29.8. The third-order valence-electron chi connectivity index (χ3n) is 4.69. The van der Waals surface area contributed by atoms with Gasteiger partial charge in [-0.05, 0) is 46.8 Å². The van der Waals surface area contributed by atoms with Gasteiger partial charge in [0.05, 0.1) is 22.3 Å². The van der Waals surface area contributed by atoms with Gasteiger partial charge in [0.15, 0.2) is 11.9 Å². The minimum absolute atomic E-state index is 0.189. The van der Waals surface area contributed by atoms with Crippen LogP contribution in [0.1, 0.15) is 40.3 Å². The summed E-state index contributed by atoms with van der Waals surface area (Å²) in [6.45, 7) is 8.47. The largest absolute Gasteiger partial charge is 0.466 e. The van der Waals surface area contributed by atoms with Gasteiger partial charge in [0, 0.05) is 11.6 Å². The third kappa shape index (κ3) is 3.91. The van der Waals surface area contributed by atoms with Crippen molar-refractivity contribution in [3.8, 4) is 11.3 Å². The summed E-state index contributed by atoms with van der Waals surface area (Å²) >= 11 is 0. The zero-order chi connectivity index (χ0) is 22.3. The van der Waals surface area contributed by atoms with Gasteiger partial charge in [-0.2, -0.15) is 0 Å². The summed E-state index contributed by atoms with van der Waals surface area (Å²) in [5, 5.41) is 10.6. The lowest BCUT2D eigenvalue weighted by molar-refractivity contribution is -0.123. The molecule has 4 aromatic rings. The van der Waals surface area contributed by atoms with Gasteiger partial charge in [-0.3, -0.25) is 4.79 Å². The minimum Gasteiger partial charge on any atom is -0.466 e. The first-order valence-electron chi connectivity index (χ1n) is 9.52. The van der Waals surface area contributed by atoms with E-state index in [-0.39, 0.29) is 17.1 Å². The molecule has 0 saturated carbocycles. The number of carbonyl (C=O) groups is 2. The van der Waals surface area contributed by atoms with Gasteiger partial charge in [0.1, 0.15) is 17.3 Å². The van der Waals surface area contributed by atoms with Gasteiger partial charge in [0.25, 0.3) is 11.6 Å². The number of carbonyl (C=O) groups excluding carboxylic acids is 2. The molecule has 4 aromatic heterocycles. The van der Waals surface area contributed by atoms with E-state index in [0.717, 1.165) is 5.56 Å². The van der Waals surface area contributed by atoms with Gasteiger partial charge in [-0.15, -0.1) is 0 Å². The maximum absolute atomic E-state index is 13.0. The summed E-state index contributed by atoms with van der Waals surface area (Å²) in [5.74, 6) is 0.877. The average Bonchev–Trinajstić information content (AvgIpc) is 3.39. The number of hydrogen-bond donors (Lipinski definition) is 1. The first kappa shape index (κ1) is 20.3. The molecule has 0 fully saturated rings. The van der Waals surface area contributed by atoms with Crippen molar-refractivity contribution in [2.75, 3.05) is 5.32 Å². The Balaban J connectivity index is 1.64. The molecule has 4 heterocycles. The number of pyridine rings is 1. The van der Waals surface area contributed by atoms with E-state index in [1.165, 1.54) is 6.92 Å². The number of furan rings is 1. The number of fused-ring (bicyclic) bond motifs is 1. The van der Waals surface area contributed by atoms with E-state index in [1.807, 2.05) is 13.0 Å². The Morgan fingerprint density at radius 3 is 2.45 bits per heavy atom. The van der Waals surface area contributed by atoms with Crippen molar-refractivity contribution >= 4 is 28.8 Å². The molecule has 0 bridgehead atoms. The molecule has 1 unspecified atom stereocenters. The molecule has 10 heteroatoms. The molecule has 10 nitrogen and oxygen atoms in total. The van der Waals surface area contributed by atoms with Crippen LogP contribution in [-0.4, -0.2) is 33.3 Å². The minimum atomic E-state index is -1.09. The molecule has 0 aromatic carbocycles. The van der Waals surface area contributed by atoms with Crippen molar-refractivity contribution in [2.24, 2.45) is 0 Å². The molecule has 0 spiro atoms. The number of anilines is 1. The number of amides is 1. The van der Waals surface area contributed by atoms with E-state index in [2.05, 4.69) is 20.6 Å². The van der Waals surface area contributed by atoms with Crippen LogP contribution >= 0.6 is 0 Å². The summed E-state index contributed by atoms with van der Waals surface area (Å²) in [6.07, 6.45) is -1.09. The number of ether oxygens (including phenoxy) is 1. The van der Waals surface area contributed by atoms with Crippen LogP contribution in [0.4, 0.5) is 5.82 Å². The maximum Gasteiger partial charge on any atom is 0.339 e. The maximum atomic E-state index is 13.0. The van der Waals surface area contributed by atoms with Crippen LogP contribution in [0.5, 0.6) is 0 Å². The molecular weight excluding hydrogens is 404 g/mol. The summed E-state index contributed by atoms with van der Waals surface area (Å²) in [7, 11) is 0. The lowest BCUT2D eigenvalue weighted by Crippen LogP contribution is -2.30. The van der Waals surface area contributed by atoms with E-state index in [9.17, 15) is 9.59 Å². The van der Waals surface area contributed by atoms with Crippen LogP contribution in [0, 0.1) is 27.7 Å². The molecule has 0 saturated heterocycles. The van der Waals surface area contributed by atoms with Gasteiger partial charge in [-0.1, -0.05) is 10.3 Å². The molecule has 31 heavy (non-hydrogen) atoms. The van der Waals surface area contributed by atoms with Crippen LogP contribution in [0.3, 0.4) is 0 Å². The average molecular weight is 424 g/mol. The highest BCUT2D eigenvalue weighted by Gasteiger charge is 2.25. The second kappa shape index (κ2) is 7.71. The van der Waals surface area contributed by atoms with Crippen LogP contribution < -0.4 is 5.32 Å². The van der Waals surface area contributed by atoms with Gasteiger partial charge < -0.3 is 23.5 Å². The number of hydrogen-bond acceptors (Lipinski definition) is 9. The number of nitrogens with zero attached hydrogens (tertiary/aromatic N) is 3. The van der Waals surface area contributed by atoms with Crippen molar-refractivity contribution in [3.05, 3.63) is 46.7 Å². The Labute approximate surface area is 176 Å². The predicted octanol–water partition coefficient (Wildman–Crippen LogP) is 3.89. The SMILES string of the molecule is Cc1cc(NC(=O)C(C)OC(=O)c2cc(-c3cc(C)oc3C)nc3onc(C)c23)no1. The van der Waals surface area contributed by atoms with E-state index in [1.54, 1.807) is 32.9 Å². The zero-order valence-corrected chi connectivity index (χ0v) is 17.6. The molecule has 160 valence electrons. The molecule has 0 aliphatic rings. The molecule has 4 rings (SSSR count). The summed E-state index contributed by atoms with van der Waals surface area (Å²) < 4.78 is 21.2. The Morgan fingerprint density at radius 1 is 1.03 bits per heavy atom. The fourth-order valence-electron chi connectivity index (χ4n) is 3.21. The normalized spacial score (nSPS) is 12.2. The van der Waals surface area contributed by atoms with Gasteiger partial charge in [-0.25, -0.2) is 9.78 Å². The lowest BCUT2D eigenvalue weighted by atomic mass is 10.1. The highest BCUT2D eigenvalue weighted by Crippen LogP contribution is 2.31. The lowest BCUT2D eigenvalue weighted by Gasteiger charge is -2.13. The highest BCUT2D eigenvalue weighted by molar-refractivity contribution is 6.05. The Bertz CT molecular complexity index is 1300. The van der Waals surface area contributed by atoms with Crippen molar-refractivity contribution in [1.82, 2.24) is 15.3 Å². The molecule has 0 aliphatic heterocycles. The van der Waals surface area contributed by atoms with Crippen LogP contribution in [0.25, 0.3) is 22.4 Å². The first-order chi connectivity index (χ1) is 14.7. The predicted molar refractivity (Wildman–Crippen MR) is 108 cm³/mol. The standard InChI is InChI=1S/C21H20N4O6/c1-9-6-14(12(4)28-9)16-8-15(18-11(3)24-31-20(18)22-16)21(27)29-13(5)19(26)23-17-7-10(2)30-25-17/h6-8,13H,1-5H3,(H,23,25,26). The number of rotatable bonds is 5. The van der Waals surface area contributed by atoms with E-state index in [0.29, 0.717) is 34.1 Å². The number of nitrogens with one attached hydrogen (secondary N) is 1. The van der Waals surface area contributed by atoms with Gasteiger partial charge >= 0.3 is 5.97 Å². The Morgan fingerprint density at radius 2 is 1.81 bits per heavy atom. The van der Waals surface area contributed by atoms with E-state index >= 15 is 0 Å². The second-order valence-corrected chi connectivity index (χ2v) is 7.19. The molecule has 0 aliphatic carbocycles. The molecule has 1 amide bonds. The Kier molecular flexibility index (Phi) is 5.05. The number of aryl methyl sites for hydroxylation is 4. The van der Waals surface area contributed by atoms with E-state index in [4.69, 9.17) is 18.2 Å². The fraction of sp³-hybridized carbons (Fsp3) is 0.286. The highest BCUT2D eigenvalue weighted by atomic mass is 16.5. The third-order valence-corrected chi connectivity index (χ3v) is 4.69. The summed E-state index contributed by atoms with van der Waals surface area (Å²) in [5.41, 5.74) is 2.05.